The van der Waals surface area contributed by atoms with E-state index in [1.54, 1.807) is 6.07 Å². The van der Waals surface area contributed by atoms with Crippen molar-refractivity contribution >= 4 is 44.8 Å². The van der Waals surface area contributed by atoms with Gasteiger partial charge in [0.25, 0.3) is 0 Å². The molecule has 11 heteroatoms. The van der Waals surface area contributed by atoms with Crippen LogP contribution in [0.4, 0.5) is 18.9 Å². The third-order valence-electron chi connectivity index (χ3n) is 4.37. The number of benzene rings is 3. The van der Waals surface area contributed by atoms with Gasteiger partial charge in [0.05, 0.1) is 17.1 Å². The van der Waals surface area contributed by atoms with Crippen LogP contribution in [-0.2, 0) is 21.4 Å². The smallest absolute Gasteiger partial charge is 0.243 e. The van der Waals surface area contributed by atoms with Gasteiger partial charge in [-0.1, -0.05) is 47.5 Å². The number of halogens is 5. The first kappa shape index (κ1) is 24.1. The Morgan fingerprint density at radius 1 is 0.938 bits per heavy atom. The average molecular weight is 503 g/mol. The summed E-state index contributed by atoms with van der Waals surface area (Å²) in [5.74, 6) is -5.76. The van der Waals surface area contributed by atoms with Gasteiger partial charge in [0.1, 0.15) is 0 Å². The maximum Gasteiger partial charge on any atom is 0.243 e. The molecule has 0 unspecified atom stereocenters. The number of carbonyl (C=O) groups excluding carboxylic acids is 1. The Balaban J connectivity index is 1.92. The van der Waals surface area contributed by atoms with Gasteiger partial charge in [-0.15, -0.1) is 0 Å². The minimum Gasteiger partial charge on any atom is -0.322 e. The highest BCUT2D eigenvalue weighted by Gasteiger charge is 2.28. The molecule has 0 aliphatic carbocycles. The fourth-order valence-corrected chi connectivity index (χ4v) is 4.64. The molecule has 3 aromatic carbocycles. The molecule has 0 saturated carbocycles. The SMILES string of the molecule is O=C(CN(Cc1ccc(Cl)cc1Cl)S(=O)(=O)c1ccccc1)Nc1ccc(F)c(F)c1F. The van der Waals surface area contributed by atoms with Gasteiger partial charge in [-0.3, -0.25) is 4.79 Å². The number of anilines is 1. The lowest BCUT2D eigenvalue weighted by molar-refractivity contribution is -0.116. The molecule has 0 heterocycles. The summed E-state index contributed by atoms with van der Waals surface area (Å²) < 4.78 is 67.6. The Labute approximate surface area is 192 Å². The quantitative estimate of drug-likeness (QED) is 0.449. The number of sulfonamides is 1. The van der Waals surface area contributed by atoms with Crippen LogP contribution in [0.25, 0.3) is 0 Å². The van der Waals surface area contributed by atoms with E-state index in [0.29, 0.717) is 16.7 Å². The van der Waals surface area contributed by atoms with Crippen LogP contribution in [0.1, 0.15) is 5.56 Å². The van der Waals surface area contributed by atoms with E-state index in [-0.39, 0.29) is 16.5 Å². The highest BCUT2D eigenvalue weighted by atomic mass is 35.5. The Morgan fingerprint density at radius 2 is 1.62 bits per heavy atom. The van der Waals surface area contributed by atoms with Crippen LogP contribution in [-0.4, -0.2) is 25.2 Å². The zero-order chi connectivity index (χ0) is 23.5. The normalized spacial score (nSPS) is 11.6. The van der Waals surface area contributed by atoms with E-state index in [1.165, 1.54) is 42.5 Å². The molecule has 0 saturated heterocycles. The minimum atomic E-state index is -4.19. The summed E-state index contributed by atoms with van der Waals surface area (Å²) in [6.45, 7) is -1.06. The lowest BCUT2D eigenvalue weighted by atomic mass is 10.2. The maximum atomic E-state index is 13.9. The molecule has 5 nitrogen and oxygen atoms in total. The molecule has 0 atom stereocenters. The van der Waals surface area contributed by atoms with Crippen LogP contribution >= 0.6 is 23.2 Å². The predicted molar refractivity (Wildman–Crippen MR) is 115 cm³/mol. The van der Waals surface area contributed by atoms with Gasteiger partial charge >= 0.3 is 0 Å². The van der Waals surface area contributed by atoms with Crippen LogP contribution in [0.3, 0.4) is 0 Å². The molecule has 1 amide bonds. The average Bonchev–Trinajstić information content (AvgIpc) is 2.76. The third kappa shape index (κ3) is 5.42. The van der Waals surface area contributed by atoms with Crippen LogP contribution < -0.4 is 5.32 Å². The van der Waals surface area contributed by atoms with Gasteiger partial charge in [0.2, 0.25) is 15.9 Å². The summed E-state index contributed by atoms with van der Waals surface area (Å²) in [7, 11) is -4.19. The number of rotatable bonds is 7. The second-order valence-electron chi connectivity index (χ2n) is 6.59. The highest BCUT2D eigenvalue weighted by Crippen LogP contribution is 2.26. The number of hydrogen-bond donors (Lipinski definition) is 1. The van der Waals surface area contributed by atoms with Crippen molar-refractivity contribution < 1.29 is 26.4 Å². The molecule has 0 radical (unpaired) electrons. The number of nitrogens with zero attached hydrogens (tertiary/aromatic N) is 1. The van der Waals surface area contributed by atoms with Crippen molar-refractivity contribution in [1.29, 1.82) is 0 Å². The lowest BCUT2D eigenvalue weighted by Gasteiger charge is -2.22. The molecule has 1 N–H and O–H groups in total. The summed E-state index contributed by atoms with van der Waals surface area (Å²) in [6, 6.07) is 13.2. The van der Waals surface area contributed by atoms with E-state index >= 15 is 0 Å². The Kier molecular flexibility index (Phi) is 7.45. The van der Waals surface area contributed by atoms with Crippen molar-refractivity contribution in [2.45, 2.75) is 11.4 Å². The summed E-state index contributed by atoms with van der Waals surface area (Å²) in [5, 5.41) is 2.58. The van der Waals surface area contributed by atoms with Gasteiger partial charge in [-0.05, 0) is 42.0 Å². The van der Waals surface area contributed by atoms with Gasteiger partial charge in [-0.25, -0.2) is 21.6 Å². The van der Waals surface area contributed by atoms with E-state index in [9.17, 15) is 26.4 Å². The van der Waals surface area contributed by atoms with Crippen LogP contribution in [0, 0.1) is 17.5 Å². The topological polar surface area (TPSA) is 66.5 Å². The second-order valence-corrected chi connectivity index (χ2v) is 9.37. The second kappa shape index (κ2) is 9.91. The van der Waals surface area contributed by atoms with Crippen molar-refractivity contribution in [3.8, 4) is 0 Å². The van der Waals surface area contributed by atoms with E-state index in [4.69, 9.17) is 23.2 Å². The lowest BCUT2D eigenvalue weighted by Crippen LogP contribution is -2.37. The van der Waals surface area contributed by atoms with Gasteiger partial charge in [-0.2, -0.15) is 4.31 Å². The standard InChI is InChI=1S/C21H15Cl2F3N2O3S/c22-14-7-6-13(16(23)10-14)11-28(32(30,31)15-4-2-1-3-5-15)12-19(29)27-18-9-8-17(24)20(25)21(18)26/h1-10H,11-12H2,(H,27,29). The molecule has 0 aliphatic heterocycles. The molecular formula is C21H15Cl2F3N2O3S. The summed E-state index contributed by atoms with van der Waals surface area (Å²) in [6.07, 6.45) is 0. The van der Waals surface area contributed by atoms with E-state index in [0.717, 1.165) is 10.4 Å². The largest absolute Gasteiger partial charge is 0.322 e. The molecular weight excluding hydrogens is 488 g/mol. The van der Waals surface area contributed by atoms with Crippen LogP contribution in [0.2, 0.25) is 10.0 Å². The zero-order valence-corrected chi connectivity index (χ0v) is 18.5. The molecule has 0 fully saturated rings. The van der Waals surface area contributed by atoms with Crippen LogP contribution in [0.5, 0.6) is 0 Å². The van der Waals surface area contributed by atoms with Crippen molar-refractivity contribution in [2.24, 2.45) is 0 Å². The molecule has 168 valence electrons. The minimum absolute atomic E-state index is 0.0862. The van der Waals surface area contributed by atoms with Crippen molar-refractivity contribution in [3.63, 3.8) is 0 Å². The fraction of sp³-hybridized carbons (Fsp3) is 0.0952. The molecule has 3 rings (SSSR count). The first-order chi connectivity index (χ1) is 15.1. The van der Waals surface area contributed by atoms with Gasteiger partial charge < -0.3 is 5.32 Å². The Morgan fingerprint density at radius 3 is 2.28 bits per heavy atom. The fourth-order valence-electron chi connectivity index (χ4n) is 2.78. The number of carbonyl (C=O) groups is 1. The zero-order valence-electron chi connectivity index (χ0n) is 16.2. The van der Waals surface area contributed by atoms with E-state index < -0.39 is 45.6 Å². The number of hydrogen-bond acceptors (Lipinski definition) is 3. The van der Waals surface area contributed by atoms with Crippen molar-refractivity contribution in [3.05, 3.63) is 93.7 Å². The van der Waals surface area contributed by atoms with Crippen molar-refractivity contribution in [2.75, 3.05) is 11.9 Å². The molecule has 0 bridgehead atoms. The number of amides is 1. The third-order valence-corrected chi connectivity index (χ3v) is 6.76. The van der Waals surface area contributed by atoms with E-state index in [1.807, 2.05) is 0 Å². The monoisotopic (exact) mass is 502 g/mol. The maximum absolute atomic E-state index is 13.9. The van der Waals surface area contributed by atoms with Gasteiger partial charge in [0, 0.05) is 16.6 Å². The molecule has 0 aromatic heterocycles. The molecule has 32 heavy (non-hydrogen) atoms. The molecule has 0 aliphatic rings. The Hall–Kier alpha value is -2.59. The summed E-state index contributed by atoms with van der Waals surface area (Å²) in [4.78, 5) is 12.4. The summed E-state index contributed by atoms with van der Waals surface area (Å²) >= 11 is 12.0. The van der Waals surface area contributed by atoms with Crippen molar-refractivity contribution in [1.82, 2.24) is 4.31 Å². The first-order valence-corrected chi connectivity index (χ1v) is 11.2. The molecule has 0 spiro atoms. The predicted octanol–water partition coefficient (Wildman–Crippen LogP) is 5.24. The summed E-state index contributed by atoms with van der Waals surface area (Å²) in [5.41, 5.74) is -0.266. The number of nitrogens with one attached hydrogen (secondary N) is 1. The van der Waals surface area contributed by atoms with Crippen LogP contribution in [0.15, 0.2) is 65.6 Å². The molecule has 3 aromatic rings. The highest BCUT2D eigenvalue weighted by molar-refractivity contribution is 7.89. The first-order valence-electron chi connectivity index (χ1n) is 9.02. The van der Waals surface area contributed by atoms with E-state index in [2.05, 4.69) is 5.32 Å². The van der Waals surface area contributed by atoms with Gasteiger partial charge in [0.15, 0.2) is 17.5 Å². The Bertz CT molecular complexity index is 1260.